The van der Waals surface area contributed by atoms with Crippen LogP contribution in [-0.4, -0.2) is 4.98 Å². The fourth-order valence-electron chi connectivity index (χ4n) is 2.55. The molecule has 118 valence electrons. The van der Waals surface area contributed by atoms with Crippen LogP contribution in [0.2, 0.25) is 15.1 Å². The number of halogens is 4. The average Bonchev–Trinajstić information content (AvgIpc) is 3.02. The van der Waals surface area contributed by atoms with Gasteiger partial charge in [-0.25, -0.2) is 4.98 Å². The molecule has 1 heterocycles. The molecule has 0 atom stereocenters. The maximum Gasteiger partial charge on any atom is 0.188 e. The molecule has 1 N–H and O–H groups in total. The lowest BCUT2D eigenvalue weighted by molar-refractivity contribution is 1.31. The first-order chi connectivity index (χ1) is 10.6. The first-order valence-electron chi connectivity index (χ1n) is 6.61. The van der Waals surface area contributed by atoms with E-state index >= 15 is 0 Å². The molecule has 0 saturated heterocycles. The first-order valence-corrected chi connectivity index (χ1v) is 8.56. The van der Waals surface area contributed by atoms with Crippen LogP contribution in [-0.2, 0) is 6.42 Å². The van der Waals surface area contributed by atoms with E-state index in [1.165, 1.54) is 16.0 Å². The van der Waals surface area contributed by atoms with Crippen LogP contribution in [0.25, 0.3) is 11.3 Å². The van der Waals surface area contributed by atoms with E-state index in [9.17, 15) is 0 Å². The molecule has 3 aromatic rings. The molecule has 0 bridgehead atoms. The Hall–Kier alpha value is -0.780. The maximum absolute atomic E-state index is 6.20. The zero-order chi connectivity index (χ0) is 15.3. The fourth-order valence-corrected chi connectivity index (χ4v) is 4.15. The number of benzene rings is 2. The molecular formula is C16H10BrCl3N2S. The molecule has 2 aromatic carbocycles. The Morgan fingerprint density at radius 1 is 1.00 bits per heavy atom. The highest BCUT2D eigenvalue weighted by atomic mass is 79.9. The van der Waals surface area contributed by atoms with Gasteiger partial charge in [0.05, 0.1) is 26.4 Å². The largest absolute Gasteiger partial charge is 0.330 e. The third-order valence-electron chi connectivity index (χ3n) is 3.57. The summed E-state index contributed by atoms with van der Waals surface area (Å²) in [6.45, 7) is 0. The maximum atomic E-state index is 6.20. The number of rotatable bonds is 2. The van der Waals surface area contributed by atoms with E-state index in [2.05, 4.69) is 23.5 Å². The van der Waals surface area contributed by atoms with Crippen molar-refractivity contribution in [3.05, 3.63) is 61.9 Å². The Bertz CT molecular complexity index is 895. The standard InChI is InChI=1S/C16H9Cl3N2S.BrH/c17-10-6-12(19)13(7-11(10)18)20-16-21-15-9-4-2-1-3-8(9)5-14(15)22-16;/h1-4,6-7H,5H2,(H,20,21);1H. The quantitative estimate of drug-likeness (QED) is 0.334. The van der Waals surface area contributed by atoms with E-state index < -0.39 is 0 Å². The highest BCUT2D eigenvalue weighted by molar-refractivity contribution is 8.93. The predicted octanol–water partition coefficient (Wildman–Crippen LogP) is 7.00. The second-order valence-electron chi connectivity index (χ2n) is 5.00. The Morgan fingerprint density at radius 3 is 2.57 bits per heavy atom. The van der Waals surface area contributed by atoms with Gasteiger partial charge in [0.2, 0.25) is 0 Å². The van der Waals surface area contributed by atoms with E-state index in [1.807, 2.05) is 6.07 Å². The van der Waals surface area contributed by atoms with E-state index in [4.69, 9.17) is 39.8 Å². The normalized spacial score (nSPS) is 11.6. The SMILES string of the molecule is Br.Clc1cc(Cl)c(Nc2nc3c(s2)Cc2ccccc2-3)cc1Cl. The van der Waals surface area contributed by atoms with Crippen LogP contribution in [0.4, 0.5) is 10.8 Å². The molecule has 7 heteroatoms. The van der Waals surface area contributed by atoms with Crippen LogP contribution in [0.5, 0.6) is 0 Å². The highest BCUT2D eigenvalue weighted by Gasteiger charge is 2.23. The molecule has 1 aliphatic carbocycles. The topological polar surface area (TPSA) is 24.9 Å². The summed E-state index contributed by atoms with van der Waals surface area (Å²) in [6.07, 6.45) is 0.931. The van der Waals surface area contributed by atoms with Gasteiger partial charge < -0.3 is 5.32 Å². The van der Waals surface area contributed by atoms with Crippen molar-refractivity contribution in [1.82, 2.24) is 4.98 Å². The molecule has 4 rings (SSSR count). The molecule has 0 aliphatic heterocycles. The molecule has 0 unspecified atom stereocenters. The van der Waals surface area contributed by atoms with Gasteiger partial charge in [0.1, 0.15) is 0 Å². The van der Waals surface area contributed by atoms with Crippen LogP contribution in [0.1, 0.15) is 10.4 Å². The van der Waals surface area contributed by atoms with Gasteiger partial charge in [0, 0.05) is 16.9 Å². The molecule has 23 heavy (non-hydrogen) atoms. The lowest BCUT2D eigenvalue weighted by Crippen LogP contribution is -1.91. The Balaban J connectivity index is 0.00000156. The minimum atomic E-state index is 0. The summed E-state index contributed by atoms with van der Waals surface area (Å²) in [4.78, 5) is 5.96. The fraction of sp³-hybridized carbons (Fsp3) is 0.0625. The number of nitrogens with one attached hydrogen (secondary N) is 1. The van der Waals surface area contributed by atoms with E-state index in [-0.39, 0.29) is 17.0 Å². The number of anilines is 2. The minimum Gasteiger partial charge on any atom is -0.330 e. The second kappa shape index (κ2) is 6.61. The van der Waals surface area contributed by atoms with Gasteiger partial charge >= 0.3 is 0 Å². The van der Waals surface area contributed by atoms with Crippen LogP contribution in [0, 0.1) is 0 Å². The van der Waals surface area contributed by atoms with Gasteiger partial charge in [-0.3, -0.25) is 0 Å². The number of thiazole rings is 1. The molecule has 0 spiro atoms. The molecule has 0 saturated carbocycles. The van der Waals surface area contributed by atoms with Gasteiger partial charge in [0.15, 0.2) is 5.13 Å². The molecule has 1 aliphatic rings. The number of nitrogens with zero attached hydrogens (tertiary/aromatic N) is 1. The van der Waals surface area contributed by atoms with Crippen LogP contribution in [0.15, 0.2) is 36.4 Å². The van der Waals surface area contributed by atoms with Crippen molar-refractivity contribution in [3.8, 4) is 11.3 Å². The first kappa shape index (κ1) is 17.1. The van der Waals surface area contributed by atoms with Crippen molar-refractivity contribution in [2.24, 2.45) is 0 Å². The van der Waals surface area contributed by atoms with Crippen LogP contribution >= 0.6 is 63.1 Å². The van der Waals surface area contributed by atoms with Gasteiger partial charge in [-0.15, -0.1) is 28.3 Å². The summed E-state index contributed by atoms with van der Waals surface area (Å²) in [5.41, 5.74) is 4.30. The number of aromatic nitrogens is 1. The summed E-state index contributed by atoms with van der Waals surface area (Å²) in [7, 11) is 0. The molecular weight excluding hydrogens is 439 g/mol. The molecule has 0 fully saturated rings. The summed E-state index contributed by atoms with van der Waals surface area (Å²) in [5, 5.41) is 5.46. The molecule has 1 aromatic heterocycles. The zero-order valence-corrected chi connectivity index (χ0v) is 16.4. The van der Waals surface area contributed by atoms with Crippen molar-refractivity contribution in [2.75, 3.05) is 5.32 Å². The summed E-state index contributed by atoms with van der Waals surface area (Å²) in [5.74, 6) is 0. The highest BCUT2D eigenvalue weighted by Crippen LogP contribution is 2.42. The van der Waals surface area contributed by atoms with Gasteiger partial charge in [-0.2, -0.15) is 0 Å². The smallest absolute Gasteiger partial charge is 0.188 e. The third-order valence-corrected chi connectivity index (χ3v) is 5.58. The van der Waals surface area contributed by atoms with Crippen molar-refractivity contribution >= 4 is 73.9 Å². The third kappa shape index (κ3) is 3.11. The van der Waals surface area contributed by atoms with Crippen molar-refractivity contribution < 1.29 is 0 Å². The Kier molecular flexibility index (Phi) is 4.90. The molecule has 0 amide bonds. The minimum absolute atomic E-state index is 0. The second-order valence-corrected chi connectivity index (χ2v) is 7.30. The van der Waals surface area contributed by atoms with Gasteiger partial charge in [-0.05, 0) is 17.7 Å². The monoisotopic (exact) mass is 446 g/mol. The Morgan fingerprint density at radius 2 is 1.74 bits per heavy atom. The average molecular weight is 449 g/mol. The van der Waals surface area contributed by atoms with Crippen molar-refractivity contribution in [3.63, 3.8) is 0 Å². The van der Waals surface area contributed by atoms with Crippen molar-refractivity contribution in [2.45, 2.75) is 6.42 Å². The lowest BCUT2D eigenvalue weighted by atomic mass is 10.1. The predicted molar refractivity (Wildman–Crippen MR) is 105 cm³/mol. The summed E-state index contributed by atoms with van der Waals surface area (Å²) < 4.78 is 0. The van der Waals surface area contributed by atoms with E-state index in [0.29, 0.717) is 20.8 Å². The zero-order valence-electron chi connectivity index (χ0n) is 11.6. The number of hydrogen-bond acceptors (Lipinski definition) is 3. The van der Waals surface area contributed by atoms with Gasteiger partial charge in [0.25, 0.3) is 0 Å². The summed E-state index contributed by atoms with van der Waals surface area (Å²) in [6, 6.07) is 11.7. The van der Waals surface area contributed by atoms with Gasteiger partial charge in [-0.1, -0.05) is 59.1 Å². The lowest BCUT2D eigenvalue weighted by Gasteiger charge is -2.07. The Labute approximate surface area is 163 Å². The van der Waals surface area contributed by atoms with E-state index in [0.717, 1.165) is 17.2 Å². The molecule has 2 nitrogen and oxygen atoms in total. The van der Waals surface area contributed by atoms with Crippen LogP contribution < -0.4 is 5.32 Å². The summed E-state index contributed by atoms with van der Waals surface area (Å²) >= 11 is 19.8. The molecule has 0 radical (unpaired) electrons. The van der Waals surface area contributed by atoms with Crippen LogP contribution in [0.3, 0.4) is 0 Å². The van der Waals surface area contributed by atoms with E-state index in [1.54, 1.807) is 23.5 Å². The number of fused-ring (bicyclic) bond motifs is 3. The number of hydrogen-bond donors (Lipinski definition) is 1. The van der Waals surface area contributed by atoms with Crippen molar-refractivity contribution in [1.29, 1.82) is 0 Å².